The van der Waals surface area contributed by atoms with Crippen LogP contribution in [-0.4, -0.2) is 28.4 Å². The third-order valence-electron chi connectivity index (χ3n) is 6.52. The molecule has 0 saturated heterocycles. The molecule has 0 radical (unpaired) electrons. The van der Waals surface area contributed by atoms with E-state index >= 15 is 0 Å². The van der Waals surface area contributed by atoms with Crippen LogP contribution in [0.15, 0.2) is 42.5 Å². The Hall–Kier alpha value is -1.65. The molecular weight excluding hydrogens is 388 g/mol. The molecular formula is C27H42O4. The highest BCUT2D eigenvalue weighted by Crippen LogP contribution is 2.37. The molecule has 0 heterocycles. The van der Waals surface area contributed by atoms with Crippen LogP contribution in [0.2, 0.25) is 0 Å². The number of aliphatic hydroxyl groups excluding tert-OH is 1. The first kappa shape index (κ1) is 25.6. The van der Waals surface area contributed by atoms with E-state index in [9.17, 15) is 15.0 Å². The fraction of sp³-hybridized carbons (Fsp3) is 0.667. The molecule has 1 aliphatic rings. The summed E-state index contributed by atoms with van der Waals surface area (Å²) in [6.07, 6.45) is 16.5. The molecule has 0 bridgehead atoms. The van der Waals surface area contributed by atoms with Crippen LogP contribution in [0.25, 0.3) is 0 Å². The van der Waals surface area contributed by atoms with Crippen molar-refractivity contribution in [2.75, 3.05) is 0 Å². The highest BCUT2D eigenvalue weighted by molar-refractivity contribution is 5.72. The number of carbonyl (C=O) groups is 1. The minimum Gasteiger partial charge on any atom is -0.479 e. The van der Waals surface area contributed by atoms with Crippen molar-refractivity contribution in [2.24, 2.45) is 11.8 Å². The molecule has 1 aromatic carbocycles. The molecule has 4 atom stereocenters. The van der Waals surface area contributed by atoms with Crippen LogP contribution in [0.1, 0.15) is 89.5 Å². The molecule has 4 nitrogen and oxygen atoms in total. The fourth-order valence-electron chi connectivity index (χ4n) is 4.62. The van der Waals surface area contributed by atoms with Gasteiger partial charge in [-0.05, 0) is 55.9 Å². The second-order valence-corrected chi connectivity index (χ2v) is 9.01. The van der Waals surface area contributed by atoms with Crippen molar-refractivity contribution in [3.8, 4) is 0 Å². The lowest BCUT2D eigenvalue weighted by atomic mass is 9.88. The van der Waals surface area contributed by atoms with E-state index in [0.29, 0.717) is 24.9 Å². The highest BCUT2D eigenvalue weighted by atomic mass is 16.5. The zero-order valence-electron chi connectivity index (χ0n) is 19.3. The summed E-state index contributed by atoms with van der Waals surface area (Å²) in [6.45, 7) is 2.57. The van der Waals surface area contributed by atoms with E-state index in [1.165, 1.54) is 25.7 Å². The summed E-state index contributed by atoms with van der Waals surface area (Å²) in [6, 6.07) is 9.69. The molecule has 1 saturated carbocycles. The summed E-state index contributed by atoms with van der Waals surface area (Å²) in [5.74, 6) is -0.0232. The maximum Gasteiger partial charge on any atom is 0.332 e. The molecule has 31 heavy (non-hydrogen) atoms. The van der Waals surface area contributed by atoms with Crippen molar-refractivity contribution >= 4 is 5.97 Å². The maximum absolute atomic E-state index is 11.5. The molecule has 1 unspecified atom stereocenters. The summed E-state index contributed by atoms with van der Waals surface area (Å²) in [7, 11) is 0. The predicted molar refractivity (Wildman–Crippen MR) is 126 cm³/mol. The number of benzene rings is 1. The van der Waals surface area contributed by atoms with E-state index in [0.717, 1.165) is 50.5 Å². The minimum atomic E-state index is -0.883. The Balaban J connectivity index is 1.64. The van der Waals surface area contributed by atoms with Gasteiger partial charge in [0.05, 0.1) is 12.7 Å². The number of hydrogen-bond donors (Lipinski definition) is 2. The van der Waals surface area contributed by atoms with Crippen LogP contribution in [0.5, 0.6) is 0 Å². The summed E-state index contributed by atoms with van der Waals surface area (Å²) in [5, 5.41) is 19.8. The number of hydrogen-bond acceptors (Lipinski definition) is 3. The first-order valence-electron chi connectivity index (χ1n) is 12.3. The van der Waals surface area contributed by atoms with Crippen molar-refractivity contribution < 1.29 is 19.7 Å². The van der Waals surface area contributed by atoms with E-state index in [1.807, 2.05) is 30.3 Å². The monoisotopic (exact) mass is 430 g/mol. The zero-order valence-corrected chi connectivity index (χ0v) is 19.3. The van der Waals surface area contributed by atoms with Gasteiger partial charge in [0, 0.05) is 0 Å². The molecule has 2 N–H and O–H groups in total. The molecule has 0 amide bonds. The minimum absolute atomic E-state index is 0.185. The smallest absolute Gasteiger partial charge is 0.332 e. The summed E-state index contributed by atoms with van der Waals surface area (Å²) in [4.78, 5) is 11.5. The quantitative estimate of drug-likeness (QED) is 0.231. The van der Waals surface area contributed by atoms with E-state index in [-0.39, 0.29) is 6.10 Å². The van der Waals surface area contributed by atoms with Gasteiger partial charge in [-0.15, -0.1) is 0 Å². The number of aliphatic carboxylic acids is 1. The molecule has 1 aliphatic carbocycles. The van der Waals surface area contributed by atoms with Gasteiger partial charge in [-0.2, -0.15) is 0 Å². The van der Waals surface area contributed by atoms with Crippen molar-refractivity contribution in [3.05, 3.63) is 48.0 Å². The number of carboxylic acids is 1. The van der Waals surface area contributed by atoms with E-state index < -0.39 is 12.1 Å². The van der Waals surface area contributed by atoms with Crippen LogP contribution in [0.3, 0.4) is 0 Å². The average Bonchev–Trinajstić information content (AvgIpc) is 3.12. The van der Waals surface area contributed by atoms with Gasteiger partial charge in [-0.1, -0.05) is 87.9 Å². The van der Waals surface area contributed by atoms with E-state index in [2.05, 4.69) is 19.1 Å². The van der Waals surface area contributed by atoms with Crippen molar-refractivity contribution in [2.45, 2.75) is 103 Å². The van der Waals surface area contributed by atoms with Gasteiger partial charge < -0.3 is 14.9 Å². The van der Waals surface area contributed by atoms with Crippen LogP contribution in [0, 0.1) is 11.8 Å². The molecule has 174 valence electrons. The lowest BCUT2D eigenvalue weighted by molar-refractivity contribution is -0.151. The van der Waals surface area contributed by atoms with Crippen molar-refractivity contribution in [1.82, 2.24) is 0 Å². The second-order valence-electron chi connectivity index (χ2n) is 9.01. The molecule has 1 aromatic rings. The lowest BCUT2D eigenvalue weighted by Crippen LogP contribution is -2.23. The number of aliphatic hydroxyl groups is 1. The lowest BCUT2D eigenvalue weighted by Gasteiger charge is -2.20. The Kier molecular flexibility index (Phi) is 12.6. The van der Waals surface area contributed by atoms with Crippen LogP contribution >= 0.6 is 0 Å². The summed E-state index contributed by atoms with van der Waals surface area (Å²) >= 11 is 0. The standard InChI is InChI=1S/C27H42O4/c1-2-3-4-5-6-11-16-23-19-20-25(28)24(23)17-12-8-13-18-26(27(29)30)31-21-22-14-9-7-10-15-22/h7,9-11,14-16,23-26,28H,2-6,8,12-13,17-21H2,1H3,(H,29,30)/t23-,24+,25-,26?/m0/s1. The van der Waals surface area contributed by atoms with Gasteiger partial charge in [0.15, 0.2) is 6.10 Å². The van der Waals surface area contributed by atoms with Gasteiger partial charge in [0.25, 0.3) is 0 Å². The summed E-state index contributed by atoms with van der Waals surface area (Å²) < 4.78 is 5.63. The highest BCUT2D eigenvalue weighted by Gasteiger charge is 2.32. The van der Waals surface area contributed by atoms with Gasteiger partial charge in [0.2, 0.25) is 0 Å². The van der Waals surface area contributed by atoms with Gasteiger partial charge in [0.1, 0.15) is 0 Å². The van der Waals surface area contributed by atoms with Gasteiger partial charge in [-0.3, -0.25) is 0 Å². The molecule has 1 fully saturated rings. The fourth-order valence-corrected chi connectivity index (χ4v) is 4.62. The number of rotatable bonds is 16. The number of unbranched alkanes of at least 4 members (excludes halogenated alkanes) is 6. The second kappa shape index (κ2) is 15.2. The largest absolute Gasteiger partial charge is 0.479 e. The Morgan fingerprint density at radius 3 is 2.61 bits per heavy atom. The van der Waals surface area contributed by atoms with E-state index in [1.54, 1.807) is 0 Å². The molecule has 0 aliphatic heterocycles. The number of ether oxygens (including phenoxy) is 1. The molecule has 4 heteroatoms. The van der Waals surface area contributed by atoms with Crippen molar-refractivity contribution in [1.29, 1.82) is 0 Å². The van der Waals surface area contributed by atoms with Crippen molar-refractivity contribution in [3.63, 3.8) is 0 Å². The number of allylic oxidation sites excluding steroid dienone is 2. The van der Waals surface area contributed by atoms with Crippen LogP contribution in [0.4, 0.5) is 0 Å². The topological polar surface area (TPSA) is 66.8 Å². The summed E-state index contributed by atoms with van der Waals surface area (Å²) in [5.41, 5.74) is 0.994. The third-order valence-corrected chi connectivity index (χ3v) is 6.52. The number of carboxylic acid groups (broad SMARTS) is 1. The van der Waals surface area contributed by atoms with Gasteiger partial charge in [-0.25, -0.2) is 4.79 Å². The molecule has 0 spiro atoms. The predicted octanol–water partition coefficient (Wildman–Crippen LogP) is 6.52. The SMILES string of the molecule is CCCCCCC=C[C@H]1CC[C@H](O)[C@@H]1CCCCCC(OCc1ccccc1)C(=O)O. The zero-order chi connectivity index (χ0) is 22.3. The van der Waals surface area contributed by atoms with Crippen LogP contribution < -0.4 is 0 Å². The van der Waals surface area contributed by atoms with Crippen LogP contribution in [-0.2, 0) is 16.1 Å². The Bertz CT molecular complexity index is 627. The maximum atomic E-state index is 11.5. The molecule has 0 aromatic heterocycles. The third kappa shape index (κ3) is 10.0. The average molecular weight is 431 g/mol. The Labute approximate surface area is 188 Å². The first-order valence-corrected chi connectivity index (χ1v) is 12.3. The normalized spacial score (nSPS) is 22.2. The Morgan fingerprint density at radius 2 is 1.87 bits per heavy atom. The van der Waals surface area contributed by atoms with E-state index in [4.69, 9.17) is 4.74 Å². The van der Waals surface area contributed by atoms with Gasteiger partial charge >= 0.3 is 5.97 Å². The first-order chi connectivity index (χ1) is 15.1. The Morgan fingerprint density at radius 1 is 1.10 bits per heavy atom. The molecule has 2 rings (SSSR count).